The van der Waals surface area contributed by atoms with Crippen LogP contribution in [0.3, 0.4) is 0 Å². The van der Waals surface area contributed by atoms with E-state index in [-0.39, 0.29) is 11.8 Å². The van der Waals surface area contributed by atoms with Crippen molar-refractivity contribution in [3.63, 3.8) is 0 Å². The number of aromatic nitrogens is 2. The highest BCUT2D eigenvalue weighted by molar-refractivity contribution is 5.78. The maximum Gasteiger partial charge on any atom is 0.241 e. The molecule has 0 spiro atoms. The third kappa shape index (κ3) is 6.01. The lowest BCUT2D eigenvalue weighted by Crippen LogP contribution is -2.40. The maximum absolute atomic E-state index is 12.5. The monoisotopic (exact) mass is 418 g/mol. The van der Waals surface area contributed by atoms with Gasteiger partial charge in [-0.15, -0.1) is 0 Å². The number of aryl methyl sites for hydroxylation is 2. The minimum Gasteiger partial charge on any atom is -0.356 e. The molecule has 1 aliphatic rings. The summed E-state index contributed by atoms with van der Waals surface area (Å²) < 4.78 is 5.45. The molecule has 1 saturated heterocycles. The second-order valence-corrected chi connectivity index (χ2v) is 8.31. The third-order valence-electron chi connectivity index (χ3n) is 5.88. The zero-order valence-electron chi connectivity index (χ0n) is 18.1. The Bertz CT molecular complexity index is 961. The average molecular weight is 419 g/mol. The Morgan fingerprint density at radius 3 is 2.58 bits per heavy atom. The molecular formula is C25H30N4O2. The van der Waals surface area contributed by atoms with Crippen LogP contribution in [0.2, 0.25) is 0 Å². The van der Waals surface area contributed by atoms with Crippen molar-refractivity contribution in [3.05, 3.63) is 71.6 Å². The van der Waals surface area contributed by atoms with E-state index in [1.807, 2.05) is 30.3 Å². The van der Waals surface area contributed by atoms with Gasteiger partial charge in [-0.3, -0.25) is 9.69 Å². The smallest absolute Gasteiger partial charge is 0.241 e. The van der Waals surface area contributed by atoms with Gasteiger partial charge in [0.2, 0.25) is 17.6 Å². The molecule has 31 heavy (non-hydrogen) atoms. The van der Waals surface area contributed by atoms with E-state index in [0.717, 1.165) is 50.9 Å². The van der Waals surface area contributed by atoms with E-state index in [9.17, 15) is 4.79 Å². The lowest BCUT2D eigenvalue weighted by atomic mass is 9.96. The van der Waals surface area contributed by atoms with E-state index >= 15 is 0 Å². The minimum absolute atomic E-state index is 0.0961. The maximum atomic E-state index is 12.5. The zero-order valence-corrected chi connectivity index (χ0v) is 18.1. The van der Waals surface area contributed by atoms with Crippen LogP contribution in [0.25, 0.3) is 11.4 Å². The first kappa shape index (κ1) is 21.2. The van der Waals surface area contributed by atoms with Crippen molar-refractivity contribution in [2.24, 2.45) is 5.92 Å². The van der Waals surface area contributed by atoms with Gasteiger partial charge in [0.05, 0.1) is 6.54 Å². The molecule has 0 aliphatic carbocycles. The fourth-order valence-electron chi connectivity index (χ4n) is 3.98. The molecule has 1 amide bonds. The summed E-state index contributed by atoms with van der Waals surface area (Å²) in [6.45, 7) is 5.15. The number of benzene rings is 2. The Balaban J connectivity index is 1.17. The van der Waals surface area contributed by atoms with Crippen LogP contribution in [0, 0.1) is 12.8 Å². The van der Waals surface area contributed by atoms with Crippen molar-refractivity contribution < 1.29 is 9.32 Å². The SMILES string of the molecule is Cc1ccc(-c2noc(CN3CCC(C(=O)NCCCc4ccccc4)CC3)n2)cc1. The van der Waals surface area contributed by atoms with Gasteiger partial charge < -0.3 is 9.84 Å². The highest BCUT2D eigenvalue weighted by Crippen LogP contribution is 2.21. The third-order valence-corrected chi connectivity index (χ3v) is 5.88. The Kier molecular flexibility index (Phi) is 7.10. The van der Waals surface area contributed by atoms with Gasteiger partial charge in [0.1, 0.15) is 0 Å². The molecule has 1 aliphatic heterocycles. The summed E-state index contributed by atoms with van der Waals surface area (Å²) in [6.07, 6.45) is 3.69. The molecule has 2 aromatic carbocycles. The zero-order chi connectivity index (χ0) is 21.5. The number of rotatable bonds is 8. The van der Waals surface area contributed by atoms with Gasteiger partial charge >= 0.3 is 0 Å². The number of amides is 1. The van der Waals surface area contributed by atoms with E-state index in [4.69, 9.17) is 4.52 Å². The predicted octanol–water partition coefficient (Wildman–Crippen LogP) is 4.01. The van der Waals surface area contributed by atoms with Crippen LogP contribution in [0.4, 0.5) is 0 Å². The van der Waals surface area contributed by atoms with Crippen LogP contribution in [-0.4, -0.2) is 40.6 Å². The molecule has 0 radical (unpaired) electrons. The summed E-state index contributed by atoms with van der Waals surface area (Å²) in [4.78, 5) is 19.3. The fraction of sp³-hybridized carbons (Fsp3) is 0.400. The number of nitrogens with one attached hydrogen (secondary N) is 1. The summed E-state index contributed by atoms with van der Waals surface area (Å²) in [5, 5.41) is 7.23. The topological polar surface area (TPSA) is 71.3 Å². The Morgan fingerprint density at radius 1 is 1.10 bits per heavy atom. The number of carbonyl (C=O) groups excluding carboxylic acids is 1. The average Bonchev–Trinajstić information content (AvgIpc) is 3.27. The highest BCUT2D eigenvalue weighted by Gasteiger charge is 2.25. The number of piperidine rings is 1. The van der Waals surface area contributed by atoms with Crippen molar-refractivity contribution in [2.45, 2.75) is 39.2 Å². The van der Waals surface area contributed by atoms with Gasteiger partial charge in [-0.25, -0.2) is 0 Å². The molecule has 0 unspecified atom stereocenters. The first-order valence-electron chi connectivity index (χ1n) is 11.1. The molecule has 6 nitrogen and oxygen atoms in total. The van der Waals surface area contributed by atoms with Gasteiger partial charge in [-0.1, -0.05) is 65.3 Å². The van der Waals surface area contributed by atoms with Crippen molar-refractivity contribution in [1.29, 1.82) is 0 Å². The van der Waals surface area contributed by atoms with Gasteiger partial charge in [0.15, 0.2) is 0 Å². The second-order valence-electron chi connectivity index (χ2n) is 8.31. The first-order valence-corrected chi connectivity index (χ1v) is 11.1. The van der Waals surface area contributed by atoms with E-state index in [1.54, 1.807) is 0 Å². The standard InChI is InChI=1S/C25H30N4O2/c1-19-9-11-21(12-10-19)24-27-23(31-28-24)18-29-16-13-22(14-17-29)25(30)26-15-5-8-20-6-3-2-4-7-20/h2-4,6-7,9-12,22H,5,8,13-18H2,1H3,(H,26,30). The molecule has 0 saturated carbocycles. The Morgan fingerprint density at radius 2 is 1.84 bits per heavy atom. The van der Waals surface area contributed by atoms with Gasteiger partial charge in [0.25, 0.3) is 0 Å². The van der Waals surface area contributed by atoms with Crippen LogP contribution in [0.15, 0.2) is 59.1 Å². The first-order chi connectivity index (χ1) is 15.2. The van der Waals surface area contributed by atoms with Crippen molar-refractivity contribution in [3.8, 4) is 11.4 Å². The molecule has 4 rings (SSSR count). The van der Waals surface area contributed by atoms with Crippen LogP contribution in [-0.2, 0) is 17.8 Å². The van der Waals surface area contributed by atoms with Crippen molar-refractivity contribution in [1.82, 2.24) is 20.4 Å². The number of hydrogen-bond acceptors (Lipinski definition) is 5. The number of hydrogen-bond donors (Lipinski definition) is 1. The molecule has 3 aromatic rings. The normalized spacial score (nSPS) is 15.1. The van der Waals surface area contributed by atoms with Crippen LogP contribution >= 0.6 is 0 Å². The number of carbonyl (C=O) groups is 1. The summed E-state index contributed by atoms with van der Waals surface area (Å²) in [5.41, 5.74) is 3.48. The van der Waals surface area contributed by atoms with Gasteiger partial charge in [-0.05, 0) is 51.3 Å². The summed E-state index contributed by atoms with van der Waals surface area (Å²) in [6, 6.07) is 18.5. The van der Waals surface area contributed by atoms with Crippen LogP contribution < -0.4 is 5.32 Å². The van der Waals surface area contributed by atoms with Gasteiger partial charge in [-0.2, -0.15) is 4.98 Å². The van der Waals surface area contributed by atoms with Crippen LogP contribution in [0.5, 0.6) is 0 Å². The second kappa shape index (κ2) is 10.4. The summed E-state index contributed by atoms with van der Waals surface area (Å²) in [5.74, 6) is 1.53. The number of likely N-dealkylation sites (tertiary alicyclic amines) is 1. The van der Waals surface area contributed by atoms with Crippen molar-refractivity contribution >= 4 is 5.91 Å². The van der Waals surface area contributed by atoms with E-state index in [1.165, 1.54) is 11.1 Å². The molecule has 0 bridgehead atoms. The van der Waals surface area contributed by atoms with E-state index in [2.05, 4.69) is 51.5 Å². The molecule has 6 heteroatoms. The van der Waals surface area contributed by atoms with Gasteiger partial charge in [0, 0.05) is 18.0 Å². The molecule has 1 fully saturated rings. The summed E-state index contributed by atoms with van der Waals surface area (Å²) in [7, 11) is 0. The quantitative estimate of drug-likeness (QED) is 0.560. The molecular weight excluding hydrogens is 388 g/mol. The summed E-state index contributed by atoms with van der Waals surface area (Å²) >= 11 is 0. The van der Waals surface area contributed by atoms with Crippen LogP contribution in [0.1, 0.15) is 36.3 Å². The lowest BCUT2D eigenvalue weighted by Gasteiger charge is -2.30. The highest BCUT2D eigenvalue weighted by atomic mass is 16.5. The lowest BCUT2D eigenvalue weighted by molar-refractivity contribution is -0.126. The predicted molar refractivity (Wildman–Crippen MR) is 120 cm³/mol. The Hall–Kier alpha value is -2.99. The van der Waals surface area contributed by atoms with E-state index in [0.29, 0.717) is 18.3 Å². The molecule has 2 heterocycles. The number of nitrogens with zero attached hydrogens (tertiary/aromatic N) is 3. The fourth-order valence-corrected chi connectivity index (χ4v) is 3.98. The minimum atomic E-state index is 0.0961. The molecule has 0 atom stereocenters. The Labute approximate surface area is 183 Å². The molecule has 162 valence electrons. The van der Waals surface area contributed by atoms with E-state index < -0.39 is 0 Å². The molecule has 1 N–H and O–H groups in total. The largest absolute Gasteiger partial charge is 0.356 e. The molecule has 1 aromatic heterocycles. The van der Waals surface area contributed by atoms with Crippen molar-refractivity contribution in [2.75, 3.05) is 19.6 Å².